The number of halogens is 2. The molecule has 0 unspecified atom stereocenters. The number of carbonyl (C=O) groups excluding carboxylic acids is 2. The van der Waals surface area contributed by atoms with Crippen LogP contribution in [-0.4, -0.2) is 35.0 Å². The molecule has 3 aromatic rings. The Labute approximate surface area is 227 Å². The largest absolute Gasteiger partial charge is 0.484 e. The fraction of sp³-hybridized carbons (Fsp3) is 0.148. The van der Waals surface area contributed by atoms with E-state index in [9.17, 15) is 9.59 Å². The van der Waals surface area contributed by atoms with Crippen molar-refractivity contribution in [2.75, 3.05) is 18.5 Å². The monoisotopic (exact) mass is 583 g/mol. The lowest BCUT2D eigenvalue weighted by Crippen LogP contribution is -2.28. The maximum atomic E-state index is 12.9. The Hall–Kier alpha value is -3.07. The molecule has 1 aliphatic heterocycles. The number of benzene rings is 3. The van der Waals surface area contributed by atoms with Crippen LogP contribution in [0.25, 0.3) is 6.08 Å². The van der Waals surface area contributed by atoms with Gasteiger partial charge in [-0.05, 0) is 95.1 Å². The SMILES string of the molecule is CCN1C(=O)/C(=C\c2ccc(OCC(=O)Nc3ccccc3C)cc2)SC1=Nc1ccc(Br)c(Cl)c1. The number of thioether (sulfide) groups is 1. The molecule has 3 aromatic carbocycles. The zero-order valence-corrected chi connectivity index (χ0v) is 22.8. The Morgan fingerprint density at radius 3 is 2.61 bits per heavy atom. The molecular weight excluding hydrogens is 562 g/mol. The van der Waals surface area contributed by atoms with Gasteiger partial charge in [0.2, 0.25) is 0 Å². The predicted octanol–water partition coefficient (Wildman–Crippen LogP) is 7.05. The molecule has 0 aromatic heterocycles. The van der Waals surface area contributed by atoms with E-state index in [1.165, 1.54) is 11.8 Å². The lowest BCUT2D eigenvalue weighted by molar-refractivity contribution is -0.122. The van der Waals surface area contributed by atoms with Crippen molar-refractivity contribution in [2.24, 2.45) is 4.99 Å². The van der Waals surface area contributed by atoms with E-state index < -0.39 is 0 Å². The molecule has 1 saturated heterocycles. The first-order chi connectivity index (χ1) is 17.3. The average molecular weight is 585 g/mol. The summed E-state index contributed by atoms with van der Waals surface area (Å²) in [5.74, 6) is 0.228. The number of amides is 2. The van der Waals surface area contributed by atoms with Crippen molar-refractivity contribution in [3.63, 3.8) is 0 Å². The number of aryl methyl sites for hydroxylation is 1. The highest BCUT2D eigenvalue weighted by molar-refractivity contribution is 9.10. The summed E-state index contributed by atoms with van der Waals surface area (Å²) < 4.78 is 6.40. The molecule has 9 heteroatoms. The van der Waals surface area contributed by atoms with Gasteiger partial charge in [-0.3, -0.25) is 14.5 Å². The van der Waals surface area contributed by atoms with Crippen LogP contribution in [-0.2, 0) is 9.59 Å². The number of nitrogens with one attached hydrogen (secondary N) is 1. The van der Waals surface area contributed by atoms with E-state index in [-0.39, 0.29) is 18.4 Å². The van der Waals surface area contributed by atoms with Crippen LogP contribution in [0.15, 0.2) is 81.1 Å². The Balaban J connectivity index is 1.41. The Kier molecular flexibility index (Phi) is 8.51. The maximum Gasteiger partial charge on any atom is 0.266 e. The minimum Gasteiger partial charge on any atom is -0.484 e. The summed E-state index contributed by atoms with van der Waals surface area (Å²) in [7, 11) is 0. The van der Waals surface area contributed by atoms with Crippen LogP contribution in [0.1, 0.15) is 18.1 Å². The number of aliphatic imine (C=N–C) groups is 1. The molecule has 0 bridgehead atoms. The molecule has 0 saturated carbocycles. The summed E-state index contributed by atoms with van der Waals surface area (Å²) in [5.41, 5.74) is 3.26. The summed E-state index contributed by atoms with van der Waals surface area (Å²) in [5, 5.41) is 4.00. The summed E-state index contributed by atoms with van der Waals surface area (Å²) in [4.78, 5) is 32.0. The minimum absolute atomic E-state index is 0.0994. The number of hydrogen-bond donors (Lipinski definition) is 1. The number of amidine groups is 1. The first-order valence-corrected chi connectivity index (χ1v) is 13.2. The normalized spacial score (nSPS) is 15.6. The second-order valence-corrected chi connectivity index (χ2v) is 10.1. The van der Waals surface area contributed by atoms with E-state index >= 15 is 0 Å². The van der Waals surface area contributed by atoms with E-state index in [4.69, 9.17) is 16.3 Å². The van der Waals surface area contributed by atoms with Gasteiger partial charge in [0.05, 0.1) is 15.6 Å². The second-order valence-electron chi connectivity index (χ2n) is 7.87. The van der Waals surface area contributed by atoms with Crippen molar-refractivity contribution in [1.82, 2.24) is 4.90 Å². The quantitative estimate of drug-likeness (QED) is 0.302. The van der Waals surface area contributed by atoms with E-state index in [1.54, 1.807) is 23.1 Å². The van der Waals surface area contributed by atoms with Crippen molar-refractivity contribution in [1.29, 1.82) is 0 Å². The number of likely N-dealkylation sites (N-methyl/N-ethyl adjacent to an activating group) is 1. The van der Waals surface area contributed by atoms with Gasteiger partial charge in [-0.15, -0.1) is 0 Å². The van der Waals surface area contributed by atoms with Gasteiger partial charge in [-0.1, -0.05) is 41.9 Å². The molecule has 0 atom stereocenters. The molecule has 1 N–H and O–H groups in total. The molecule has 0 spiro atoms. The van der Waals surface area contributed by atoms with E-state index in [1.807, 2.05) is 68.5 Å². The Morgan fingerprint density at radius 1 is 1.17 bits per heavy atom. The van der Waals surface area contributed by atoms with Gasteiger partial charge < -0.3 is 10.1 Å². The number of ether oxygens (including phenoxy) is 1. The number of anilines is 1. The molecule has 4 rings (SSSR count). The molecular formula is C27H23BrClN3O3S. The van der Waals surface area contributed by atoms with Crippen LogP contribution >= 0.6 is 39.3 Å². The zero-order valence-electron chi connectivity index (χ0n) is 19.6. The minimum atomic E-state index is -0.234. The number of hydrogen-bond acceptors (Lipinski definition) is 5. The van der Waals surface area contributed by atoms with Crippen molar-refractivity contribution in [3.05, 3.63) is 92.3 Å². The first kappa shape index (κ1) is 26.0. The van der Waals surface area contributed by atoms with Crippen LogP contribution in [0.2, 0.25) is 5.02 Å². The van der Waals surface area contributed by atoms with E-state index in [0.717, 1.165) is 21.3 Å². The number of carbonyl (C=O) groups is 2. The first-order valence-electron chi connectivity index (χ1n) is 11.2. The van der Waals surface area contributed by atoms with Gasteiger partial charge in [0, 0.05) is 16.7 Å². The molecule has 6 nitrogen and oxygen atoms in total. The summed E-state index contributed by atoms with van der Waals surface area (Å²) in [6.45, 7) is 4.24. The third kappa shape index (κ3) is 6.37. The summed E-state index contributed by atoms with van der Waals surface area (Å²) in [6.07, 6.45) is 1.82. The van der Waals surface area contributed by atoms with Crippen LogP contribution in [0.5, 0.6) is 5.75 Å². The second kappa shape index (κ2) is 11.8. The molecule has 1 fully saturated rings. The van der Waals surface area contributed by atoms with Gasteiger partial charge in [0.15, 0.2) is 11.8 Å². The number of nitrogens with zero attached hydrogens (tertiary/aromatic N) is 2. The van der Waals surface area contributed by atoms with Crippen LogP contribution in [0, 0.1) is 6.92 Å². The smallest absolute Gasteiger partial charge is 0.266 e. The molecule has 1 aliphatic rings. The highest BCUT2D eigenvalue weighted by Crippen LogP contribution is 2.35. The molecule has 0 aliphatic carbocycles. The fourth-order valence-corrected chi connectivity index (χ4v) is 4.88. The molecule has 184 valence electrons. The standard InChI is InChI=1S/C27H23BrClN3O3S/c1-3-32-26(34)24(36-27(32)30-19-10-13-21(28)22(29)15-19)14-18-8-11-20(12-9-18)35-16-25(33)31-23-7-5-4-6-17(23)2/h4-15H,3,16H2,1-2H3,(H,31,33)/b24-14+,30-27?. The predicted molar refractivity (Wildman–Crippen MR) is 151 cm³/mol. The third-order valence-corrected chi connectivity index (χ3v) is 7.54. The molecule has 0 radical (unpaired) electrons. The fourth-order valence-electron chi connectivity index (χ4n) is 3.40. The molecule has 1 heterocycles. The van der Waals surface area contributed by atoms with Gasteiger partial charge in [-0.25, -0.2) is 4.99 Å². The summed E-state index contributed by atoms with van der Waals surface area (Å²) >= 11 is 10.9. The van der Waals surface area contributed by atoms with Gasteiger partial charge in [-0.2, -0.15) is 0 Å². The van der Waals surface area contributed by atoms with Crippen LogP contribution in [0.4, 0.5) is 11.4 Å². The Morgan fingerprint density at radius 2 is 1.92 bits per heavy atom. The zero-order chi connectivity index (χ0) is 25.7. The van der Waals surface area contributed by atoms with Crippen molar-refractivity contribution >= 4 is 73.7 Å². The molecule has 36 heavy (non-hydrogen) atoms. The van der Waals surface area contributed by atoms with Crippen LogP contribution in [0.3, 0.4) is 0 Å². The van der Waals surface area contributed by atoms with E-state index in [2.05, 4.69) is 26.2 Å². The highest BCUT2D eigenvalue weighted by Gasteiger charge is 2.32. The summed E-state index contributed by atoms with van der Waals surface area (Å²) in [6, 6.07) is 20.2. The van der Waals surface area contributed by atoms with Crippen LogP contribution < -0.4 is 10.1 Å². The third-order valence-electron chi connectivity index (χ3n) is 5.30. The number of rotatable bonds is 7. The van der Waals surface area contributed by atoms with Gasteiger partial charge in [0.25, 0.3) is 11.8 Å². The average Bonchev–Trinajstić information content (AvgIpc) is 3.15. The van der Waals surface area contributed by atoms with Gasteiger partial charge in [0.1, 0.15) is 5.75 Å². The lowest BCUT2D eigenvalue weighted by Gasteiger charge is -2.12. The lowest BCUT2D eigenvalue weighted by atomic mass is 10.2. The maximum absolute atomic E-state index is 12.9. The van der Waals surface area contributed by atoms with Crippen molar-refractivity contribution in [2.45, 2.75) is 13.8 Å². The molecule has 2 amide bonds. The van der Waals surface area contributed by atoms with Gasteiger partial charge >= 0.3 is 0 Å². The van der Waals surface area contributed by atoms with E-state index in [0.29, 0.717) is 33.1 Å². The van der Waals surface area contributed by atoms with Crippen molar-refractivity contribution < 1.29 is 14.3 Å². The van der Waals surface area contributed by atoms with Crippen molar-refractivity contribution in [3.8, 4) is 5.75 Å². The topological polar surface area (TPSA) is 71.0 Å². The number of para-hydroxylation sites is 1. The highest BCUT2D eigenvalue weighted by atomic mass is 79.9. The Bertz CT molecular complexity index is 1360.